The number of ether oxygens (including phenoxy) is 1. The Morgan fingerprint density at radius 1 is 0.922 bits per heavy atom. The number of aromatic nitrogens is 2. The molecule has 4 heterocycles. The van der Waals surface area contributed by atoms with Gasteiger partial charge < -0.3 is 19.1 Å². The van der Waals surface area contributed by atoms with Gasteiger partial charge in [0.2, 0.25) is 0 Å². The number of nitrogens with zero attached hydrogens (tertiary/aromatic N) is 3. The summed E-state index contributed by atoms with van der Waals surface area (Å²) in [5, 5.41) is 3.55. The van der Waals surface area contributed by atoms with E-state index in [9.17, 15) is 14.2 Å². The van der Waals surface area contributed by atoms with Gasteiger partial charge in [-0.05, 0) is 34.9 Å². The van der Waals surface area contributed by atoms with Gasteiger partial charge in [-0.2, -0.15) is 0 Å². The lowest BCUT2D eigenvalue weighted by atomic mass is 9.59. The standard InChI is InChI=1S/C39H47ClN5O5P/c1-30-27-44(37(47)42-36(30)46)35-26-41-28-38(50-35,29-49-51(40,48)43-22-20-34(21-23-43)45(2)24-12-13-25-45)39(31-14-6-3-7-15-31,32-16-8-4-9-17-32)33-18-10-5-11-19-33/h3-11,14-19,27,34-35,41H,12-13,20-26,28-29H2,1-2H3/p+1. The second kappa shape index (κ2) is 14.6. The van der Waals surface area contributed by atoms with E-state index in [4.69, 9.17) is 20.5 Å². The molecule has 1 aromatic heterocycles. The van der Waals surface area contributed by atoms with E-state index in [0.717, 1.165) is 34.0 Å². The second-order valence-electron chi connectivity index (χ2n) is 14.6. The SMILES string of the molecule is Cc1cn(C2CNCC(COP(=O)(Cl)N3CCC([N+]4(C)CCCC4)CC3)(C(c3ccccc3)(c3ccccc3)c3ccccc3)O2)c(=O)[nH]c1=O. The van der Waals surface area contributed by atoms with Crippen molar-refractivity contribution in [2.24, 2.45) is 0 Å². The summed E-state index contributed by atoms with van der Waals surface area (Å²) < 4.78 is 32.7. The maximum absolute atomic E-state index is 14.6. The average Bonchev–Trinajstić information content (AvgIpc) is 3.62. The smallest absolute Gasteiger partial charge is 0.345 e. The molecule has 3 atom stereocenters. The van der Waals surface area contributed by atoms with Crippen molar-refractivity contribution in [3.8, 4) is 0 Å². The van der Waals surface area contributed by atoms with Crippen LogP contribution in [0.3, 0.4) is 0 Å². The fourth-order valence-electron chi connectivity index (χ4n) is 8.87. The summed E-state index contributed by atoms with van der Waals surface area (Å²) in [5.74, 6) is 0. The third kappa shape index (κ3) is 6.72. The number of aromatic amines is 1. The number of rotatable bonds is 10. The maximum atomic E-state index is 14.6. The van der Waals surface area contributed by atoms with Gasteiger partial charge in [-0.25, -0.2) is 9.46 Å². The Bertz CT molecular complexity index is 1870. The predicted molar refractivity (Wildman–Crippen MR) is 200 cm³/mol. The number of aryl methyl sites for hydroxylation is 1. The van der Waals surface area contributed by atoms with E-state index in [1.165, 1.54) is 36.7 Å². The minimum atomic E-state index is -3.84. The van der Waals surface area contributed by atoms with Crippen molar-refractivity contribution in [1.29, 1.82) is 0 Å². The van der Waals surface area contributed by atoms with Crippen LogP contribution < -0.4 is 16.6 Å². The second-order valence-corrected chi connectivity index (χ2v) is 17.6. The summed E-state index contributed by atoms with van der Waals surface area (Å²) in [6.45, 7) is 1.74. The third-order valence-electron chi connectivity index (χ3n) is 11.6. The molecular weight excluding hydrogens is 685 g/mol. The zero-order valence-corrected chi connectivity index (χ0v) is 31.0. The van der Waals surface area contributed by atoms with E-state index in [1.807, 2.05) is 59.3 Å². The molecule has 3 unspecified atom stereocenters. The van der Waals surface area contributed by atoms with Crippen LogP contribution in [-0.4, -0.2) is 83.3 Å². The van der Waals surface area contributed by atoms with Gasteiger partial charge >= 0.3 is 12.6 Å². The first-order valence-electron chi connectivity index (χ1n) is 18.0. The van der Waals surface area contributed by atoms with Crippen LogP contribution in [0.25, 0.3) is 0 Å². The van der Waals surface area contributed by atoms with Gasteiger partial charge in [0.05, 0.1) is 38.2 Å². The Hall–Kier alpha value is -3.34. The fourth-order valence-corrected chi connectivity index (χ4v) is 10.7. The average molecular weight is 733 g/mol. The highest BCUT2D eigenvalue weighted by molar-refractivity contribution is 7.83. The number of halogens is 1. The number of hydrogen-bond acceptors (Lipinski definition) is 6. The highest BCUT2D eigenvalue weighted by Crippen LogP contribution is 2.60. The van der Waals surface area contributed by atoms with Gasteiger partial charge in [0.25, 0.3) is 5.56 Å². The first-order chi connectivity index (χ1) is 24.6. The van der Waals surface area contributed by atoms with E-state index >= 15 is 0 Å². The normalized spacial score (nSPS) is 24.3. The molecule has 3 aliphatic heterocycles. The zero-order chi connectivity index (χ0) is 35.7. The molecule has 270 valence electrons. The summed E-state index contributed by atoms with van der Waals surface area (Å²) in [5.41, 5.74) is -0.260. The summed E-state index contributed by atoms with van der Waals surface area (Å²) in [7, 11) is 2.35. The summed E-state index contributed by atoms with van der Waals surface area (Å²) in [4.78, 5) is 28.2. The van der Waals surface area contributed by atoms with Crippen molar-refractivity contribution in [3.63, 3.8) is 0 Å². The highest BCUT2D eigenvalue weighted by atomic mass is 35.7. The van der Waals surface area contributed by atoms with Crippen LogP contribution in [0.1, 0.15) is 54.2 Å². The largest absolute Gasteiger partial charge is 0.363 e. The first kappa shape index (κ1) is 36.0. The van der Waals surface area contributed by atoms with Crippen molar-refractivity contribution in [3.05, 3.63) is 140 Å². The van der Waals surface area contributed by atoms with Gasteiger partial charge in [-0.15, -0.1) is 0 Å². The number of H-pyrrole nitrogens is 1. The van der Waals surface area contributed by atoms with Crippen LogP contribution >= 0.6 is 18.1 Å². The molecule has 0 saturated carbocycles. The molecular formula is C39H48ClN5O5P+. The molecule has 0 bridgehead atoms. The Morgan fingerprint density at radius 3 is 1.98 bits per heavy atom. The van der Waals surface area contributed by atoms with E-state index in [1.54, 1.807) is 6.92 Å². The Kier molecular flexibility index (Phi) is 10.3. The molecule has 10 nitrogen and oxygen atoms in total. The Morgan fingerprint density at radius 2 is 1.45 bits per heavy atom. The summed E-state index contributed by atoms with van der Waals surface area (Å²) in [6, 6.07) is 30.8. The number of quaternary nitrogens is 1. The first-order valence-corrected chi connectivity index (χ1v) is 20.5. The third-order valence-corrected chi connectivity index (χ3v) is 14.0. The van der Waals surface area contributed by atoms with Crippen LogP contribution in [0.2, 0.25) is 0 Å². The van der Waals surface area contributed by atoms with Gasteiger partial charge in [-0.3, -0.25) is 18.9 Å². The fraction of sp³-hybridized carbons (Fsp3) is 0.436. The van der Waals surface area contributed by atoms with E-state index < -0.39 is 35.4 Å². The lowest BCUT2D eigenvalue weighted by Gasteiger charge is -2.55. The van der Waals surface area contributed by atoms with Crippen LogP contribution in [0, 0.1) is 6.92 Å². The molecule has 12 heteroatoms. The molecule has 3 saturated heterocycles. The molecule has 7 rings (SSSR count). The van der Waals surface area contributed by atoms with Crippen molar-refractivity contribution >= 4 is 18.1 Å². The monoisotopic (exact) mass is 732 g/mol. The van der Waals surface area contributed by atoms with Crippen LogP contribution in [0.4, 0.5) is 0 Å². The molecule has 3 fully saturated rings. The molecule has 0 radical (unpaired) electrons. The maximum Gasteiger partial charge on any atom is 0.363 e. The highest BCUT2D eigenvalue weighted by Gasteiger charge is 2.59. The minimum absolute atomic E-state index is 0.166. The van der Waals surface area contributed by atoms with Crippen molar-refractivity contribution in [1.82, 2.24) is 19.5 Å². The summed E-state index contributed by atoms with van der Waals surface area (Å²) in [6.07, 6.45) is 4.98. The van der Waals surface area contributed by atoms with Crippen molar-refractivity contribution < 1.29 is 18.3 Å². The lowest BCUT2D eigenvalue weighted by Crippen LogP contribution is -2.67. The Balaban J connectivity index is 1.34. The van der Waals surface area contributed by atoms with Gasteiger partial charge in [0, 0.05) is 63.6 Å². The molecule has 0 spiro atoms. The molecule has 0 aliphatic carbocycles. The van der Waals surface area contributed by atoms with Gasteiger partial charge in [0.15, 0.2) is 6.23 Å². The van der Waals surface area contributed by atoms with Gasteiger partial charge in [-0.1, -0.05) is 91.0 Å². The van der Waals surface area contributed by atoms with Crippen LogP contribution in [0.5, 0.6) is 0 Å². The van der Waals surface area contributed by atoms with Crippen molar-refractivity contribution in [2.45, 2.75) is 55.9 Å². The quantitative estimate of drug-likeness (QED) is 0.121. The zero-order valence-electron chi connectivity index (χ0n) is 29.4. The lowest BCUT2D eigenvalue weighted by molar-refractivity contribution is -0.923. The van der Waals surface area contributed by atoms with E-state index in [2.05, 4.69) is 53.7 Å². The number of benzene rings is 3. The van der Waals surface area contributed by atoms with Crippen molar-refractivity contribution in [2.75, 3.05) is 52.9 Å². The predicted octanol–water partition coefficient (Wildman–Crippen LogP) is 5.81. The summed E-state index contributed by atoms with van der Waals surface area (Å²) >= 11 is 7.03. The Labute approximate surface area is 304 Å². The number of nitrogens with one attached hydrogen (secondary N) is 2. The minimum Gasteiger partial charge on any atom is -0.345 e. The van der Waals surface area contributed by atoms with E-state index in [-0.39, 0.29) is 19.7 Å². The van der Waals surface area contributed by atoms with Gasteiger partial charge in [0.1, 0.15) is 5.60 Å². The topological polar surface area (TPSA) is 106 Å². The number of piperidine rings is 1. The molecule has 4 aromatic rings. The number of morpholine rings is 1. The van der Waals surface area contributed by atoms with E-state index in [0.29, 0.717) is 24.7 Å². The number of likely N-dealkylation sites (tertiary alicyclic amines) is 1. The molecule has 51 heavy (non-hydrogen) atoms. The van der Waals surface area contributed by atoms with Crippen LogP contribution in [-0.2, 0) is 19.2 Å². The van der Waals surface area contributed by atoms with Crippen LogP contribution in [0.15, 0.2) is 107 Å². The molecule has 3 aliphatic rings. The number of hydrogen-bond donors (Lipinski definition) is 2. The molecule has 3 aromatic carbocycles. The molecule has 0 amide bonds. The molecule has 2 N–H and O–H groups in total.